The minimum absolute atomic E-state index is 0.105. The Morgan fingerprint density at radius 2 is 2.13 bits per heavy atom. The number of nitro groups is 1. The van der Waals surface area contributed by atoms with Gasteiger partial charge in [-0.15, -0.1) is 10.2 Å². The first kappa shape index (κ1) is 16.9. The van der Waals surface area contributed by atoms with Crippen molar-refractivity contribution in [2.45, 2.75) is 32.0 Å². The zero-order valence-corrected chi connectivity index (χ0v) is 13.7. The highest BCUT2D eigenvalue weighted by Crippen LogP contribution is 2.24. The number of aryl methyl sites for hydroxylation is 1. The molecule has 2 rings (SSSR count). The Kier molecular flexibility index (Phi) is 5.69. The van der Waals surface area contributed by atoms with Crippen molar-refractivity contribution in [3.8, 4) is 0 Å². The van der Waals surface area contributed by atoms with Gasteiger partial charge in [0.1, 0.15) is 11.5 Å². The average Bonchev–Trinajstić information content (AvgIpc) is 2.87. The van der Waals surface area contributed by atoms with Crippen molar-refractivity contribution in [2.75, 3.05) is 11.1 Å². The van der Waals surface area contributed by atoms with E-state index < -0.39 is 4.92 Å². The fraction of sp³-hybridized carbons (Fsp3) is 0.357. The largest absolute Gasteiger partial charge is 0.320 e. The van der Waals surface area contributed by atoms with Crippen molar-refractivity contribution >= 4 is 29.0 Å². The van der Waals surface area contributed by atoms with Gasteiger partial charge in [0, 0.05) is 12.6 Å². The minimum atomic E-state index is -0.524. The number of anilines is 1. The van der Waals surface area contributed by atoms with Gasteiger partial charge < -0.3 is 9.88 Å². The highest BCUT2D eigenvalue weighted by molar-refractivity contribution is 7.99. The van der Waals surface area contributed by atoms with E-state index in [0.717, 1.165) is 18.8 Å². The van der Waals surface area contributed by atoms with Crippen LogP contribution in [0.5, 0.6) is 0 Å². The maximum Gasteiger partial charge on any atom is 0.292 e. The van der Waals surface area contributed by atoms with Gasteiger partial charge in [0.2, 0.25) is 5.91 Å². The molecule has 0 unspecified atom stereocenters. The topological polar surface area (TPSA) is 103 Å². The molecule has 0 aliphatic carbocycles. The second-order valence-electron chi connectivity index (χ2n) is 4.79. The Bertz CT molecular complexity index is 716. The molecular formula is C14H17N5O3S. The van der Waals surface area contributed by atoms with Crippen LogP contribution in [0.4, 0.5) is 11.4 Å². The van der Waals surface area contributed by atoms with E-state index in [1.165, 1.54) is 23.9 Å². The Hall–Kier alpha value is -2.42. The summed E-state index contributed by atoms with van der Waals surface area (Å²) in [6.45, 7) is 4.70. The summed E-state index contributed by atoms with van der Waals surface area (Å²) in [5.74, 6) is 0.579. The number of hydrogen-bond acceptors (Lipinski definition) is 6. The molecule has 9 heteroatoms. The monoisotopic (exact) mass is 335 g/mol. The van der Waals surface area contributed by atoms with Crippen LogP contribution < -0.4 is 5.32 Å². The lowest BCUT2D eigenvalue weighted by atomic mass is 10.2. The van der Waals surface area contributed by atoms with Gasteiger partial charge in [-0.2, -0.15) is 0 Å². The maximum atomic E-state index is 12.0. The van der Waals surface area contributed by atoms with Crippen LogP contribution in [-0.2, 0) is 11.3 Å². The fourth-order valence-electron chi connectivity index (χ4n) is 2.00. The van der Waals surface area contributed by atoms with E-state index in [1.54, 1.807) is 12.1 Å². The van der Waals surface area contributed by atoms with E-state index in [0.29, 0.717) is 5.16 Å². The van der Waals surface area contributed by atoms with Crippen molar-refractivity contribution in [3.63, 3.8) is 0 Å². The molecule has 1 aromatic carbocycles. The summed E-state index contributed by atoms with van der Waals surface area (Å²) in [5, 5.41) is 22.2. The lowest BCUT2D eigenvalue weighted by molar-refractivity contribution is -0.383. The normalized spacial score (nSPS) is 10.5. The maximum absolute atomic E-state index is 12.0. The molecular weight excluding hydrogens is 318 g/mol. The summed E-state index contributed by atoms with van der Waals surface area (Å²) < 4.78 is 1.95. The summed E-state index contributed by atoms with van der Waals surface area (Å²) in [6.07, 6.45) is 0.939. The quantitative estimate of drug-likeness (QED) is 0.474. The molecule has 0 aliphatic heterocycles. The predicted molar refractivity (Wildman–Crippen MR) is 87.5 cm³/mol. The molecule has 0 radical (unpaired) electrons. The van der Waals surface area contributed by atoms with Crippen LogP contribution >= 0.6 is 11.8 Å². The summed E-state index contributed by atoms with van der Waals surface area (Å²) in [5.41, 5.74) is 0.0603. The van der Waals surface area contributed by atoms with Crippen LogP contribution in [0.3, 0.4) is 0 Å². The minimum Gasteiger partial charge on any atom is -0.320 e. The zero-order chi connectivity index (χ0) is 16.8. The fourth-order valence-corrected chi connectivity index (χ4v) is 2.81. The number of nitrogens with one attached hydrogen (secondary N) is 1. The molecule has 122 valence electrons. The number of para-hydroxylation sites is 2. The van der Waals surface area contributed by atoms with Crippen molar-refractivity contribution in [1.29, 1.82) is 0 Å². The number of rotatable bonds is 7. The van der Waals surface area contributed by atoms with E-state index in [1.807, 2.05) is 11.5 Å². The van der Waals surface area contributed by atoms with Crippen molar-refractivity contribution in [2.24, 2.45) is 0 Å². The number of hydrogen-bond donors (Lipinski definition) is 1. The molecule has 2 aromatic rings. The number of nitro benzene ring substituents is 1. The number of benzene rings is 1. The third-order valence-corrected chi connectivity index (χ3v) is 4.02. The van der Waals surface area contributed by atoms with E-state index >= 15 is 0 Å². The molecule has 1 aromatic heterocycles. The van der Waals surface area contributed by atoms with E-state index in [-0.39, 0.29) is 23.0 Å². The molecule has 0 fully saturated rings. The van der Waals surface area contributed by atoms with Crippen LogP contribution in [0.15, 0.2) is 29.4 Å². The number of amides is 1. The summed E-state index contributed by atoms with van der Waals surface area (Å²) in [4.78, 5) is 22.4. The number of carbonyl (C=O) groups excluding carboxylic acids is 1. The molecule has 1 amide bonds. The van der Waals surface area contributed by atoms with Crippen molar-refractivity contribution in [1.82, 2.24) is 14.8 Å². The second-order valence-corrected chi connectivity index (χ2v) is 5.74. The first-order valence-electron chi connectivity index (χ1n) is 7.08. The van der Waals surface area contributed by atoms with Crippen LogP contribution in [0, 0.1) is 17.0 Å². The molecule has 0 saturated heterocycles. The molecule has 0 aliphatic rings. The summed E-state index contributed by atoms with van der Waals surface area (Å²) >= 11 is 1.26. The van der Waals surface area contributed by atoms with Gasteiger partial charge in [0.05, 0.1) is 10.7 Å². The van der Waals surface area contributed by atoms with Gasteiger partial charge in [-0.25, -0.2) is 0 Å². The summed E-state index contributed by atoms with van der Waals surface area (Å²) in [7, 11) is 0. The highest BCUT2D eigenvalue weighted by atomic mass is 32.2. The van der Waals surface area contributed by atoms with Gasteiger partial charge in [0.15, 0.2) is 5.16 Å². The van der Waals surface area contributed by atoms with Crippen molar-refractivity contribution in [3.05, 3.63) is 40.2 Å². The summed E-state index contributed by atoms with van der Waals surface area (Å²) in [6, 6.07) is 6.05. The smallest absolute Gasteiger partial charge is 0.292 e. The Labute approximate surface area is 137 Å². The van der Waals surface area contributed by atoms with E-state index in [4.69, 9.17) is 0 Å². The first-order chi connectivity index (χ1) is 11.0. The third kappa shape index (κ3) is 4.28. The number of thioether (sulfide) groups is 1. The molecule has 8 nitrogen and oxygen atoms in total. The lowest BCUT2D eigenvalue weighted by Gasteiger charge is -2.07. The Balaban J connectivity index is 2.00. The Morgan fingerprint density at radius 1 is 1.39 bits per heavy atom. The van der Waals surface area contributed by atoms with Gasteiger partial charge >= 0.3 is 0 Å². The lowest BCUT2D eigenvalue weighted by Crippen LogP contribution is -2.15. The van der Waals surface area contributed by atoms with Crippen LogP contribution in [0.2, 0.25) is 0 Å². The highest BCUT2D eigenvalue weighted by Gasteiger charge is 2.16. The number of carbonyl (C=O) groups is 1. The van der Waals surface area contributed by atoms with Gasteiger partial charge in [-0.1, -0.05) is 30.8 Å². The number of aromatic nitrogens is 3. The van der Waals surface area contributed by atoms with Gasteiger partial charge in [0.25, 0.3) is 5.69 Å². The SMILES string of the molecule is CCCn1c(C)nnc1SCC(=O)Nc1ccccc1[N+](=O)[O-]. The van der Waals surface area contributed by atoms with E-state index in [2.05, 4.69) is 22.4 Å². The molecule has 0 saturated carbocycles. The second kappa shape index (κ2) is 7.73. The van der Waals surface area contributed by atoms with Crippen LogP contribution in [-0.4, -0.2) is 31.3 Å². The molecule has 0 bridgehead atoms. The van der Waals surface area contributed by atoms with Crippen LogP contribution in [0.25, 0.3) is 0 Å². The van der Waals surface area contributed by atoms with Gasteiger partial charge in [-0.05, 0) is 19.4 Å². The third-order valence-electron chi connectivity index (χ3n) is 3.06. The zero-order valence-electron chi connectivity index (χ0n) is 12.9. The average molecular weight is 335 g/mol. The van der Waals surface area contributed by atoms with Crippen LogP contribution in [0.1, 0.15) is 19.2 Å². The van der Waals surface area contributed by atoms with Crippen molar-refractivity contribution < 1.29 is 9.72 Å². The molecule has 1 N–H and O–H groups in total. The molecule has 23 heavy (non-hydrogen) atoms. The standard InChI is InChI=1S/C14H17N5O3S/c1-3-8-18-10(2)16-17-14(18)23-9-13(20)15-11-6-4-5-7-12(11)19(21)22/h4-7H,3,8-9H2,1-2H3,(H,15,20). The molecule has 0 spiro atoms. The predicted octanol–water partition coefficient (Wildman–Crippen LogP) is 2.64. The number of nitrogens with zero attached hydrogens (tertiary/aromatic N) is 4. The van der Waals surface area contributed by atoms with E-state index in [9.17, 15) is 14.9 Å². The van der Waals surface area contributed by atoms with Gasteiger partial charge in [-0.3, -0.25) is 14.9 Å². The molecule has 0 atom stereocenters. The Morgan fingerprint density at radius 3 is 2.83 bits per heavy atom. The molecule has 1 heterocycles. The first-order valence-corrected chi connectivity index (χ1v) is 8.07.